The van der Waals surface area contributed by atoms with Crippen molar-refractivity contribution in [3.05, 3.63) is 102 Å². The largest absolute Gasteiger partial charge is 0.493 e. The molecule has 1 aliphatic rings. The van der Waals surface area contributed by atoms with Crippen LogP contribution in [0.15, 0.2) is 65.6 Å². The molecule has 0 unspecified atom stereocenters. The number of halogens is 2. The van der Waals surface area contributed by atoms with Gasteiger partial charge in [-0.2, -0.15) is 0 Å². The Balaban J connectivity index is 1.50. The van der Waals surface area contributed by atoms with Crippen LogP contribution in [0.1, 0.15) is 21.5 Å². The average Bonchev–Trinajstić information content (AvgIpc) is 3.15. The second kappa shape index (κ2) is 11.7. The van der Waals surface area contributed by atoms with Crippen LogP contribution in [-0.2, 0) is 11.4 Å². The number of Topliss-reactive ketones (excluding diaryl/α,β-unsaturated/α-hetero) is 1. The van der Waals surface area contributed by atoms with E-state index in [4.69, 9.17) is 9.47 Å². The van der Waals surface area contributed by atoms with E-state index in [2.05, 4.69) is 0 Å². The van der Waals surface area contributed by atoms with Crippen molar-refractivity contribution in [2.75, 3.05) is 13.7 Å². The lowest BCUT2D eigenvalue weighted by molar-refractivity contribution is -0.384. The summed E-state index contributed by atoms with van der Waals surface area (Å²) in [4.78, 5) is 49.1. The van der Waals surface area contributed by atoms with Crippen LogP contribution in [0.4, 0.5) is 14.9 Å². The molecule has 3 aromatic rings. The van der Waals surface area contributed by atoms with Gasteiger partial charge >= 0.3 is 0 Å². The molecule has 1 heterocycles. The summed E-state index contributed by atoms with van der Waals surface area (Å²) in [5.41, 5.74) is 0.899. The number of hydrogen-bond donors (Lipinski definition) is 0. The van der Waals surface area contributed by atoms with E-state index in [0.29, 0.717) is 38.0 Å². The predicted octanol–water partition coefficient (Wildman–Crippen LogP) is 5.85. The molecule has 0 atom stereocenters. The molecule has 0 saturated carbocycles. The molecular weight excluding hydrogens is 630 g/mol. The smallest absolute Gasteiger partial charge is 0.293 e. The first-order valence-electron chi connectivity index (χ1n) is 10.9. The highest BCUT2D eigenvalue weighted by molar-refractivity contribution is 14.1. The number of non-ortho nitro benzene ring substituents is 1. The van der Waals surface area contributed by atoms with Crippen LogP contribution in [0.25, 0.3) is 6.08 Å². The Kier molecular flexibility index (Phi) is 8.42. The highest BCUT2D eigenvalue weighted by Crippen LogP contribution is 2.38. The second-order valence-corrected chi connectivity index (χ2v) is 10.1. The van der Waals surface area contributed by atoms with Gasteiger partial charge in [-0.05, 0) is 76.3 Å². The molecule has 12 heteroatoms. The van der Waals surface area contributed by atoms with Crippen LogP contribution in [0.5, 0.6) is 11.5 Å². The number of nitro benzene ring substituents is 1. The molecule has 1 aliphatic heterocycles. The first-order chi connectivity index (χ1) is 18.2. The Hall–Kier alpha value is -3.78. The third-order valence-electron chi connectivity index (χ3n) is 5.45. The molecule has 0 aromatic heterocycles. The number of carbonyl (C=O) groups excluding carboxylic acids is 3. The standard InChI is InChI=1S/C26H18FIN2O7S/c1-36-22-11-15(10-20(28)24(22)37-14-17-4-2-3-5-19(17)27)12-23-25(32)29(26(33)38-23)13-21(31)16-6-8-18(9-7-16)30(34)35/h2-12H,13-14H2,1H3/b23-12+. The number of amides is 2. The molecule has 0 N–H and O–H groups in total. The number of imide groups is 1. The maximum Gasteiger partial charge on any atom is 0.293 e. The van der Waals surface area contributed by atoms with Gasteiger partial charge in [-0.1, -0.05) is 18.2 Å². The van der Waals surface area contributed by atoms with E-state index in [1.54, 1.807) is 30.3 Å². The van der Waals surface area contributed by atoms with Crippen LogP contribution in [0.2, 0.25) is 0 Å². The fourth-order valence-electron chi connectivity index (χ4n) is 3.52. The number of thioether (sulfide) groups is 1. The SMILES string of the molecule is COc1cc(/C=C2/SC(=O)N(CC(=O)c3ccc([N+](=O)[O-])cc3)C2=O)cc(I)c1OCc1ccccc1F. The predicted molar refractivity (Wildman–Crippen MR) is 147 cm³/mol. The van der Waals surface area contributed by atoms with Crippen molar-refractivity contribution >= 4 is 63.0 Å². The van der Waals surface area contributed by atoms with Gasteiger partial charge in [0, 0.05) is 23.3 Å². The molecule has 0 spiro atoms. The minimum atomic E-state index is -0.635. The summed E-state index contributed by atoms with van der Waals surface area (Å²) in [6.45, 7) is -0.510. The summed E-state index contributed by atoms with van der Waals surface area (Å²) >= 11 is 2.72. The van der Waals surface area contributed by atoms with Crippen molar-refractivity contribution < 1.29 is 33.2 Å². The summed E-state index contributed by atoms with van der Waals surface area (Å²) in [5, 5.41) is 10.2. The molecule has 9 nitrogen and oxygen atoms in total. The van der Waals surface area contributed by atoms with Crippen LogP contribution < -0.4 is 9.47 Å². The number of ether oxygens (including phenoxy) is 2. The number of ketones is 1. The molecule has 4 rings (SSSR count). The maximum absolute atomic E-state index is 14.0. The van der Waals surface area contributed by atoms with Gasteiger partial charge in [-0.15, -0.1) is 0 Å². The maximum atomic E-state index is 14.0. The lowest BCUT2D eigenvalue weighted by Gasteiger charge is -2.14. The molecule has 3 aromatic carbocycles. The van der Waals surface area contributed by atoms with E-state index < -0.39 is 28.4 Å². The molecular formula is C26H18FIN2O7S. The molecule has 2 amide bonds. The average molecular weight is 648 g/mol. The Morgan fingerprint density at radius 3 is 2.53 bits per heavy atom. The fourth-order valence-corrected chi connectivity index (χ4v) is 5.14. The quantitative estimate of drug-likeness (QED) is 0.0934. The Morgan fingerprint density at radius 2 is 1.87 bits per heavy atom. The summed E-state index contributed by atoms with van der Waals surface area (Å²) in [6, 6.07) is 14.5. The molecule has 0 aliphatic carbocycles. The normalized spacial score (nSPS) is 14.2. The van der Waals surface area contributed by atoms with Gasteiger partial charge in [0.05, 0.1) is 27.1 Å². The van der Waals surface area contributed by atoms with Crippen LogP contribution in [-0.4, -0.2) is 40.4 Å². The van der Waals surface area contributed by atoms with Gasteiger partial charge in [-0.3, -0.25) is 29.4 Å². The summed E-state index contributed by atoms with van der Waals surface area (Å²) in [5.74, 6) is -0.802. The van der Waals surface area contributed by atoms with Crippen molar-refractivity contribution in [1.29, 1.82) is 0 Å². The highest BCUT2D eigenvalue weighted by Gasteiger charge is 2.36. The van der Waals surface area contributed by atoms with E-state index in [9.17, 15) is 28.9 Å². The molecule has 38 heavy (non-hydrogen) atoms. The van der Waals surface area contributed by atoms with Gasteiger partial charge in [0.2, 0.25) is 0 Å². The molecule has 0 bridgehead atoms. The van der Waals surface area contributed by atoms with E-state index in [1.165, 1.54) is 43.5 Å². The lowest BCUT2D eigenvalue weighted by atomic mass is 10.1. The molecule has 1 fully saturated rings. The zero-order chi connectivity index (χ0) is 27.4. The van der Waals surface area contributed by atoms with Crippen molar-refractivity contribution in [1.82, 2.24) is 4.90 Å². The Morgan fingerprint density at radius 1 is 1.16 bits per heavy atom. The summed E-state index contributed by atoms with van der Waals surface area (Å²) in [7, 11) is 1.45. The summed E-state index contributed by atoms with van der Waals surface area (Å²) in [6.07, 6.45) is 1.51. The van der Waals surface area contributed by atoms with Gasteiger partial charge in [0.1, 0.15) is 12.4 Å². The van der Waals surface area contributed by atoms with Crippen LogP contribution in [0.3, 0.4) is 0 Å². The van der Waals surface area contributed by atoms with Crippen LogP contribution >= 0.6 is 34.4 Å². The highest BCUT2D eigenvalue weighted by atomic mass is 127. The van der Waals surface area contributed by atoms with E-state index in [1.807, 2.05) is 22.6 Å². The van der Waals surface area contributed by atoms with Crippen molar-refractivity contribution in [2.24, 2.45) is 0 Å². The minimum Gasteiger partial charge on any atom is -0.493 e. The Labute approximate surface area is 233 Å². The molecule has 0 radical (unpaired) electrons. The first kappa shape index (κ1) is 27.3. The van der Waals surface area contributed by atoms with E-state index in [-0.39, 0.29) is 28.6 Å². The Bertz CT molecular complexity index is 1480. The molecule has 1 saturated heterocycles. The third kappa shape index (κ3) is 6.02. The zero-order valence-electron chi connectivity index (χ0n) is 19.7. The van der Waals surface area contributed by atoms with Gasteiger partial charge in [0.15, 0.2) is 17.3 Å². The van der Waals surface area contributed by atoms with Gasteiger partial charge < -0.3 is 9.47 Å². The fraction of sp³-hybridized carbons (Fsp3) is 0.115. The van der Waals surface area contributed by atoms with Crippen molar-refractivity contribution in [2.45, 2.75) is 6.61 Å². The first-order valence-corrected chi connectivity index (χ1v) is 12.8. The lowest BCUT2D eigenvalue weighted by Crippen LogP contribution is -2.33. The number of benzene rings is 3. The number of methoxy groups -OCH3 is 1. The van der Waals surface area contributed by atoms with E-state index >= 15 is 0 Å². The summed E-state index contributed by atoms with van der Waals surface area (Å²) < 4.78 is 25.8. The van der Waals surface area contributed by atoms with Gasteiger partial charge in [0.25, 0.3) is 16.8 Å². The monoisotopic (exact) mass is 648 g/mol. The van der Waals surface area contributed by atoms with Crippen molar-refractivity contribution in [3.63, 3.8) is 0 Å². The third-order valence-corrected chi connectivity index (χ3v) is 7.16. The number of nitrogens with zero attached hydrogens (tertiary/aromatic N) is 2. The van der Waals surface area contributed by atoms with Crippen LogP contribution in [0, 0.1) is 19.5 Å². The number of hydrogen-bond acceptors (Lipinski definition) is 8. The minimum absolute atomic E-state index is 0.0138. The number of rotatable bonds is 9. The topological polar surface area (TPSA) is 116 Å². The van der Waals surface area contributed by atoms with Gasteiger partial charge in [-0.25, -0.2) is 4.39 Å². The molecule has 194 valence electrons. The van der Waals surface area contributed by atoms with Crippen molar-refractivity contribution in [3.8, 4) is 11.5 Å². The number of carbonyl (C=O) groups is 3. The number of nitro groups is 1. The zero-order valence-corrected chi connectivity index (χ0v) is 22.7. The second-order valence-electron chi connectivity index (χ2n) is 7.91. The van der Waals surface area contributed by atoms with E-state index in [0.717, 1.165) is 4.90 Å².